The zero-order chi connectivity index (χ0) is 25.1. The number of aromatic carboxylic acids is 4. The van der Waals surface area contributed by atoms with Crippen LogP contribution in [0.15, 0.2) is 36.7 Å². The van der Waals surface area contributed by atoms with Gasteiger partial charge in [0, 0.05) is 49.7 Å². The SMILES string of the molecule is NCCN.NCCN.O.O.O.O.O=C([O-])c1cccnc1C(=O)[O-].O=C([O-])c1cccnc1C(=O)[O-].[Pd+2].[Pd+2]. The number of carbonyl (C=O) groups is 4. The first kappa shape index (κ1) is 55.6. The zero-order valence-corrected chi connectivity index (χ0v) is 22.5. The van der Waals surface area contributed by atoms with Gasteiger partial charge in [0.05, 0.1) is 35.3 Å². The first-order valence-corrected chi connectivity index (χ1v) is 8.64. The number of carboxylic acid groups (broad SMARTS) is 4. The molecule has 0 aliphatic heterocycles. The molecule has 2 heterocycles. The number of nitrogens with zero attached hydrogens (tertiary/aromatic N) is 2. The van der Waals surface area contributed by atoms with E-state index in [2.05, 4.69) is 9.97 Å². The number of nitrogens with two attached hydrogens (primary N) is 4. The van der Waals surface area contributed by atoms with E-state index in [9.17, 15) is 39.6 Å². The smallest absolute Gasteiger partial charge is 0.545 e. The number of pyridine rings is 2. The van der Waals surface area contributed by atoms with Gasteiger partial charge in [-0.05, 0) is 24.3 Å². The van der Waals surface area contributed by atoms with Gasteiger partial charge >= 0.3 is 40.8 Å². The number of aromatic nitrogens is 2. The maximum atomic E-state index is 10.3. The van der Waals surface area contributed by atoms with Crippen molar-refractivity contribution in [3.05, 3.63) is 59.2 Å². The number of hydrogen-bond acceptors (Lipinski definition) is 14. The molecule has 2 aromatic rings. The van der Waals surface area contributed by atoms with E-state index in [1.54, 1.807) is 0 Å². The Labute approximate surface area is 244 Å². The fourth-order valence-corrected chi connectivity index (χ4v) is 1.47. The standard InChI is InChI=1S/2C7H5NO4.2C2H8N2.4H2O.2Pd/c2*9-6(10)4-2-1-3-8-5(4)7(11)12;2*3-1-2-4;;;;;;/h2*1-3H,(H,9,10)(H,11,12);2*1-4H2;4*1H2;;/q;;;;;;;;2*+2/p-4. The van der Waals surface area contributed by atoms with Crippen molar-refractivity contribution in [3.63, 3.8) is 0 Å². The number of carboxylic acids is 4. The molecule has 0 unspecified atom stereocenters. The summed E-state index contributed by atoms with van der Waals surface area (Å²) < 4.78 is 0. The second-order valence-electron chi connectivity index (χ2n) is 5.10. The second-order valence-corrected chi connectivity index (χ2v) is 5.10. The van der Waals surface area contributed by atoms with E-state index in [0.717, 1.165) is 24.5 Å². The molecular weight excluding hydrogens is 705 g/mol. The van der Waals surface area contributed by atoms with Gasteiger partial charge in [0.1, 0.15) is 0 Å². The molecule has 0 aromatic carbocycles. The summed E-state index contributed by atoms with van der Waals surface area (Å²) in [6.07, 6.45) is 2.33. The molecule has 0 spiro atoms. The third-order valence-corrected chi connectivity index (χ3v) is 2.78. The molecule has 0 amide bonds. The number of carbonyl (C=O) groups excluding carboxylic acids is 4. The quantitative estimate of drug-likeness (QED) is 0.200. The summed E-state index contributed by atoms with van der Waals surface area (Å²) in [5.74, 6) is -6.42. The summed E-state index contributed by atoms with van der Waals surface area (Å²) in [5.41, 5.74) is 17.4. The number of hydrogen-bond donors (Lipinski definition) is 4. The number of rotatable bonds is 6. The summed E-state index contributed by atoms with van der Waals surface area (Å²) in [5, 5.41) is 41.1. The van der Waals surface area contributed by atoms with Gasteiger partial charge < -0.3 is 84.4 Å². The third-order valence-electron chi connectivity index (χ3n) is 2.78. The first-order chi connectivity index (χ1) is 15.1. The van der Waals surface area contributed by atoms with E-state index in [1.165, 1.54) is 12.1 Å². The molecule has 0 radical (unpaired) electrons. The summed E-state index contributed by atoms with van der Waals surface area (Å²) in [6, 6.07) is 4.79. The summed E-state index contributed by atoms with van der Waals surface area (Å²) >= 11 is 0. The van der Waals surface area contributed by atoms with Crippen molar-refractivity contribution in [2.45, 2.75) is 0 Å². The van der Waals surface area contributed by atoms with Crippen LogP contribution in [0.25, 0.3) is 0 Å². The fraction of sp³-hybridized carbons (Fsp3) is 0.222. The topological polar surface area (TPSA) is 416 Å². The molecule has 0 aliphatic carbocycles. The maximum Gasteiger partial charge on any atom is 2.00 e. The van der Waals surface area contributed by atoms with Crippen LogP contribution >= 0.6 is 0 Å². The Kier molecular flexibility index (Phi) is 50.1. The van der Waals surface area contributed by atoms with E-state index in [-0.39, 0.29) is 62.8 Å². The molecule has 0 atom stereocenters. The predicted octanol–water partition coefficient (Wildman–Crippen LogP) is -9.88. The molecule has 0 bridgehead atoms. The van der Waals surface area contributed by atoms with Crippen LogP contribution in [0.4, 0.5) is 0 Å². The molecule has 20 heteroatoms. The Bertz CT molecular complexity index is 755. The molecule has 224 valence electrons. The van der Waals surface area contributed by atoms with E-state index >= 15 is 0 Å². The Hall–Kier alpha value is -2.82. The van der Waals surface area contributed by atoms with Crippen molar-refractivity contribution < 1.29 is 102 Å². The van der Waals surface area contributed by atoms with E-state index in [4.69, 9.17) is 22.9 Å². The molecule has 18 nitrogen and oxygen atoms in total. The average molecular weight is 735 g/mol. The molecule has 0 saturated carbocycles. The average Bonchev–Trinajstić information content (AvgIpc) is 2.79. The fourth-order valence-electron chi connectivity index (χ4n) is 1.47. The van der Waals surface area contributed by atoms with Crippen molar-refractivity contribution >= 4 is 23.9 Å². The Morgan fingerprint density at radius 1 is 0.553 bits per heavy atom. The van der Waals surface area contributed by atoms with Crippen LogP contribution in [0.2, 0.25) is 0 Å². The van der Waals surface area contributed by atoms with Crippen LogP contribution in [0, 0.1) is 0 Å². The minimum atomic E-state index is -1.63. The summed E-state index contributed by atoms with van der Waals surface area (Å²) in [7, 11) is 0. The largest absolute Gasteiger partial charge is 2.00 e. The van der Waals surface area contributed by atoms with Crippen molar-refractivity contribution in [3.8, 4) is 0 Å². The third kappa shape index (κ3) is 24.9. The van der Waals surface area contributed by atoms with Gasteiger partial charge in [-0.2, -0.15) is 0 Å². The molecule has 16 N–H and O–H groups in total. The van der Waals surface area contributed by atoms with Gasteiger partial charge in [-0.1, -0.05) is 0 Å². The zero-order valence-electron chi connectivity index (χ0n) is 19.4. The Morgan fingerprint density at radius 2 is 0.789 bits per heavy atom. The van der Waals surface area contributed by atoms with Crippen LogP contribution < -0.4 is 43.4 Å². The van der Waals surface area contributed by atoms with E-state index < -0.39 is 46.4 Å². The van der Waals surface area contributed by atoms with Crippen molar-refractivity contribution in [1.82, 2.24) is 9.97 Å². The normalized spacial score (nSPS) is 7.47. The van der Waals surface area contributed by atoms with Gasteiger partial charge in [0.25, 0.3) is 0 Å². The molecule has 2 rings (SSSR count). The Morgan fingerprint density at radius 3 is 0.921 bits per heavy atom. The monoisotopic (exact) mass is 734 g/mol. The van der Waals surface area contributed by atoms with E-state index in [1.807, 2.05) is 0 Å². The van der Waals surface area contributed by atoms with Crippen molar-refractivity contribution in [2.24, 2.45) is 22.9 Å². The minimum absolute atomic E-state index is 0. The second kappa shape index (κ2) is 34.2. The molecule has 38 heavy (non-hydrogen) atoms. The molecule has 0 saturated heterocycles. The van der Waals surface area contributed by atoms with Gasteiger partial charge in [-0.25, -0.2) is 0 Å². The predicted molar refractivity (Wildman–Crippen MR) is 116 cm³/mol. The van der Waals surface area contributed by atoms with Crippen LogP contribution in [-0.2, 0) is 40.8 Å². The van der Waals surface area contributed by atoms with Crippen molar-refractivity contribution in [1.29, 1.82) is 0 Å². The van der Waals surface area contributed by atoms with E-state index in [0.29, 0.717) is 26.2 Å². The van der Waals surface area contributed by atoms with Crippen LogP contribution in [0.1, 0.15) is 41.7 Å². The minimum Gasteiger partial charge on any atom is -0.545 e. The van der Waals surface area contributed by atoms with Gasteiger partial charge in [-0.3, -0.25) is 9.97 Å². The summed E-state index contributed by atoms with van der Waals surface area (Å²) in [6.45, 7) is 2.39. The molecule has 2 aromatic heterocycles. The summed E-state index contributed by atoms with van der Waals surface area (Å²) in [4.78, 5) is 47.7. The van der Waals surface area contributed by atoms with Crippen LogP contribution in [0.5, 0.6) is 0 Å². The first-order valence-electron chi connectivity index (χ1n) is 8.64. The van der Waals surface area contributed by atoms with Gasteiger partial charge in [0.15, 0.2) is 0 Å². The van der Waals surface area contributed by atoms with Crippen LogP contribution in [0.3, 0.4) is 0 Å². The van der Waals surface area contributed by atoms with Crippen LogP contribution in [-0.4, -0.2) is 81.9 Å². The van der Waals surface area contributed by atoms with Gasteiger partial charge in [0.2, 0.25) is 0 Å². The van der Waals surface area contributed by atoms with Gasteiger partial charge in [-0.15, -0.1) is 0 Å². The maximum absolute atomic E-state index is 10.3. The van der Waals surface area contributed by atoms with Crippen molar-refractivity contribution in [2.75, 3.05) is 26.2 Å². The molecular formula is C18H30N6O12Pd2. The molecule has 0 fully saturated rings. The Balaban J connectivity index is -0.0000000550. The molecule has 0 aliphatic rings.